The van der Waals surface area contributed by atoms with Gasteiger partial charge in [-0.1, -0.05) is 5.21 Å². The van der Waals surface area contributed by atoms with Crippen molar-refractivity contribution in [3.8, 4) is 5.69 Å². The van der Waals surface area contributed by atoms with E-state index in [0.29, 0.717) is 6.04 Å². The molecule has 7 heteroatoms. The maximum Gasteiger partial charge on any atom is 0.227 e. The van der Waals surface area contributed by atoms with E-state index >= 15 is 0 Å². The first kappa shape index (κ1) is 16.5. The molecule has 1 amide bonds. The highest BCUT2D eigenvalue weighted by molar-refractivity contribution is 5.92. The Morgan fingerprint density at radius 2 is 2.14 bits per heavy atom. The van der Waals surface area contributed by atoms with E-state index in [1.807, 2.05) is 24.3 Å². The second-order valence-electron chi connectivity index (χ2n) is 5.46. The van der Waals surface area contributed by atoms with Gasteiger partial charge in [0.2, 0.25) is 5.91 Å². The summed E-state index contributed by atoms with van der Waals surface area (Å²) in [7, 11) is 0. The van der Waals surface area contributed by atoms with E-state index in [1.165, 1.54) is 0 Å². The fourth-order valence-corrected chi connectivity index (χ4v) is 2.66. The number of piperidine rings is 1. The first-order chi connectivity index (χ1) is 10.2. The molecule has 1 saturated heterocycles. The zero-order valence-corrected chi connectivity index (χ0v) is 13.2. The lowest BCUT2D eigenvalue weighted by atomic mass is 9.92. The van der Waals surface area contributed by atoms with Gasteiger partial charge in [0.1, 0.15) is 0 Å². The van der Waals surface area contributed by atoms with Crippen molar-refractivity contribution in [2.75, 3.05) is 11.9 Å². The Balaban J connectivity index is 0.00000176. The molecule has 0 spiro atoms. The summed E-state index contributed by atoms with van der Waals surface area (Å²) in [4.78, 5) is 12.3. The smallest absolute Gasteiger partial charge is 0.227 e. The van der Waals surface area contributed by atoms with Crippen LogP contribution in [0.2, 0.25) is 0 Å². The SMILES string of the molecule is C[C@H]1C[C@@H](C(=O)Nc2ccc(-n3ccnn3)cc2)CCN1.Cl. The fourth-order valence-electron chi connectivity index (χ4n) is 2.66. The minimum atomic E-state index is 0. The van der Waals surface area contributed by atoms with Crippen LogP contribution in [0.15, 0.2) is 36.7 Å². The molecule has 1 aromatic heterocycles. The second-order valence-corrected chi connectivity index (χ2v) is 5.46. The van der Waals surface area contributed by atoms with E-state index in [0.717, 1.165) is 30.8 Å². The lowest BCUT2D eigenvalue weighted by molar-refractivity contribution is -0.120. The van der Waals surface area contributed by atoms with E-state index in [4.69, 9.17) is 0 Å². The monoisotopic (exact) mass is 321 g/mol. The number of anilines is 1. The van der Waals surface area contributed by atoms with Crippen molar-refractivity contribution >= 4 is 24.0 Å². The molecule has 1 aliphatic heterocycles. The van der Waals surface area contributed by atoms with Crippen LogP contribution in [0, 0.1) is 5.92 Å². The van der Waals surface area contributed by atoms with Crippen LogP contribution < -0.4 is 10.6 Å². The van der Waals surface area contributed by atoms with Crippen LogP contribution in [-0.4, -0.2) is 33.5 Å². The van der Waals surface area contributed by atoms with Gasteiger partial charge in [-0.3, -0.25) is 4.79 Å². The van der Waals surface area contributed by atoms with Crippen LogP contribution >= 0.6 is 12.4 Å². The largest absolute Gasteiger partial charge is 0.326 e. The summed E-state index contributed by atoms with van der Waals surface area (Å²) in [6, 6.07) is 8.01. The molecule has 1 aliphatic rings. The van der Waals surface area contributed by atoms with Gasteiger partial charge in [0.25, 0.3) is 0 Å². The normalized spacial score (nSPS) is 21.0. The number of hydrogen-bond donors (Lipinski definition) is 2. The summed E-state index contributed by atoms with van der Waals surface area (Å²) >= 11 is 0. The van der Waals surface area contributed by atoms with Crippen molar-refractivity contribution < 1.29 is 4.79 Å². The summed E-state index contributed by atoms with van der Waals surface area (Å²) < 4.78 is 1.68. The van der Waals surface area contributed by atoms with E-state index in [2.05, 4.69) is 27.9 Å². The van der Waals surface area contributed by atoms with E-state index < -0.39 is 0 Å². The van der Waals surface area contributed by atoms with Crippen LogP contribution in [0.4, 0.5) is 5.69 Å². The first-order valence-electron chi connectivity index (χ1n) is 7.23. The third-order valence-electron chi connectivity index (χ3n) is 3.82. The number of hydrogen-bond acceptors (Lipinski definition) is 4. The van der Waals surface area contributed by atoms with Crippen molar-refractivity contribution in [1.82, 2.24) is 20.3 Å². The Morgan fingerprint density at radius 3 is 2.77 bits per heavy atom. The molecule has 0 radical (unpaired) electrons. The number of benzene rings is 1. The number of aromatic nitrogens is 3. The van der Waals surface area contributed by atoms with Gasteiger partial charge in [0.05, 0.1) is 18.1 Å². The van der Waals surface area contributed by atoms with Crippen LogP contribution in [0.1, 0.15) is 19.8 Å². The molecule has 0 unspecified atom stereocenters. The summed E-state index contributed by atoms with van der Waals surface area (Å²) in [6.07, 6.45) is 5.20. The van der Waals surface area contributed by atoms with Crippen molar-refractivity contribution in [2.24, 2.45) is 5.92 Å². The summed E-state index contributed by atoms with van der Waals surface area (Å²) in [5, 5.41) is 14.1. The highest BCUT2D eigenvalue weighted by Crippen LogP contribution is 2.19. The van der Waals surface area contributed by atoms with Gasteiger partial charge in [0, 0.05) is 17.6 Å². The highest BCUT2D eigenvalue weighted by Gasteiger charge is 2.24. The van der Waals surface area contributed by atoms with Crippen molar-refractivity contribution in [2.45, 2.75) is 25.8 Å². The number of halogens is 1. The predicted molar refractivity (Wildman–Crippen MR) is 87.4 cm³/mol. The first-order valence-corrected chi connectivity index (χ1v) is 7.23. The molecule has 6 nitrogen and oxygen atoms in total. The van der Waals surface area contributed by atoms with Gasteiger partial charge in [-0.2, -0.15) is 0 Å². The molecule has 118 valence electrons. The summed E-state index contributed by atoms with van der Waals surface area (Å²) in [5.41, 5.74) is 1.73. The van der Waals surface area contributed by atoms with E-state index in [-0.39, 0.29) is 24.2 Å². The topological polar surface area (TPSA) is 71.8 Å². The molecular formula is C15H20ClN5O. The number of rotatable bonds is 3. The molecule has 0 bridgehead atoms. The highest BCUT2D eigenvalue weighted by atomic mass is 35.5. The zero-order chi connectivity index (χ0) is 14.7. The molecule has 3 rings (SSSR count). The minimum absolute atomic E-state index is 0. The van der Waals surface area contributed by atoms with Gasteiger partial charge >= 0.3 is 0 Å². The van der Waals surface area contributed by atoms with Gasteiger partial charge in [-0.15, -0.1) is 17.5 Å². The fraction of sp³-hybridized carbons (Fsp3) is 0.400. The van der Waals surface area contributed by atoms with E-state index in [9.17, 15) is 4.79 Å². The van der Waals surface area contributed by atoms with Crippen LogP contribution in [0.3, 0.4) is 0 Å². The Labute approximate surface area is 135 Å². The molecule has 0 saturated carbocycles. The number of nitrogens with zero attached hydrogens (tertiary/aromatic N) is 3. The molecule has 1 fully saturated rings. The third-order valence-corrected chi connectivity index (χ3v) is 3.82. The lowest BCUT2D eigenvalue weighted by Gasteiger charge is -2.27. The Bertz CT molecular complexity index is 599. The number of nitrogens with one attached hydrogen (secondary N) is 2. The predicted octanol–water partition coefficient (Wildman–Crippen LogP) is 2.02. The molecule has 22 heavy (non-hydrogen) atoms. The average Bonchev–Trinajstić information content (AvgIpc) is 3.02. The van der Waals surface area contributed by atoms with Gasteiger partial charge in [-0.05, 0) is 50.6 Å². The quantitative estimate of drug-likeness (QED) is 0.907. The molecule has 0 aliphatic carbocycles. The van der Waals surface area contributed by atoms with Gasteiger partial charge in [0.15, 0.2) is 0 Å². The number of carbonyl (C=O) groups excluding carboxylic acids is 1. The molecule has 2 aromatic rings. The molecular weight excluding hydrogens is 302 g/mol. The van der Waals surface area contributed by atoms with Crippen LogP contribution in [0.5, 0.6) is 0 Å². The maximum atomic E-state index is 12.3. The number of carbonyl (C=O) groups is 1. The van der Waals surface area contributed by atoms with Gasteiger partial charge < -0.3 is 10.6 Å². The van der Waals surface area contributed by atoms with E-state index in [1.54, 1.807) is 17.1 Å². The third kappa shape index (κ3) is 3.84. The molecule has 2 heterocycles. The Kier molecular flexibility index (Phi) is 5.51. The summed E-state index contributed by atoms with van der Waals surface area (Å²) in [6.45, 7) is 3.02. The van der Waals surface area contributed by atoms with Gasteiger partial charge in [-0.25, -0.2) is 4.68 Å². The van der Waals surface area contributed by atoms with Crippen molar-refractivity contribution in [3.63, 3.8) is 0 Å². The standard InChI is InChI=1S/C15H19N5O.ClH/c1-11-10-12(6-7-16-11)15(21)18-13-2-4-14(5-3-13)20-9-8-17-19-20;/h2-5,8-9,11-12,16H,6-7,10H2,1H3,(H,18,21);1H/t11-,12-;/m0./s1. The lowest BCUT2D eigenvalue weighted by Crippen LogP contribution is -2.40. The summed E-state index contributed by atoms with van der Waals surface area (Å²) in [5.74, 6) is 0.202. The second kappa shape index (κ2) is 7.38. The molecule has 2 N–H and O–H groups in total. The number of amides is 1. The Morgan fingerprint density at radius 1 is 1.36 bits per heavy atom. The van der Waals surface area contributed by atoms with Crippen molar-refractivity contribution in [1.29, 1.82) is 0 Å². The maximum absolute atomic E-state index is 12.3. The Hall–Kier alpha value is -1.92. The van der Waals surface area contributed by atoms with Crippen molar-refractivity contribution in [3.05, 3.63) is 36.7 Å². The average molecular weight is 322 g/mol. The zero-order valence-electron chi connectivity index (χ0n) is 12.4. The molecule has 1 aromatic carbocycles. The van der Waals surface area contributed by atoms with Crippen LogP contribution in [0.25, 0.3) is 5.69 Å². The minimum Gasteiger partial charge on any atom is -0.326 e. The molecule has 2 atom stereocenters. The van der Waals surface area contributed by atoms with Crippen LogP contribution in [-0.2, 0) is 4.79 Å².